The number of anilines is 1. The largest absolute Gasteiger partial charge is 0.352 e. The highest BCUT2D eigenvalue weighted by Crippen LogP contribution is 2.22. The highest BCUT2D eigenvalue weighted by atomic mass is 32.1. The van der Waals surface area contributed by atoms with Crippen LogP contribution in [0, 0.1) is 13.8 Å². The van der Waals surface area contributed by atoms with Gasteiger partial charge in [-0.1, -0.05) is 0 Å². The van der Waals surface area contributed by atoms with Crippen LogP contribution >= 0.6 is 11.3 Å². The molecule has 1 saturated heterocycles. The van der Waals surface area contributed by atoms with E-state index in [1.54, 1.807) is 12.4 Å². The Morgan fingerprint density at radius 2 is 1.89 bits per heavy atom. The molecule has 4 heterocycles. The number of piperazine rings is 1. The van der Waals surface area contributed by atoms with Crippen LogP contribution in [0.4, 0.5) is 5.82 Å². The molecule has 0 radical (unpaired) electrons. The number of hydrogen-bond donors (Lipinski definition) is 0. The number of aryl methyl sites for hydroxylation is 2. The number of carbonyl (C=O) groups is 1. The van der Waals surface area contributed by atoms with Gasteiger partial charge in [0, 0.05) is 44.1 Å². The number of carbonyl (C=O) groups excluding carboxylic acids is 1. The lowest BCUT2D eigenvalue weighted by Gasteiger charge is -2.35. The minimum Gasteiger partial charge on any atom is -0.352 e. The van der Waals surface area contributed by atoms with Crippen molar-refractivity contribution in [1.82, 2.24) is 25.1 Å². The van der Waals surface area contributed by atoms with Crippen LogP contribution < -0.4 is 4.90 Å². The molecule has 3 aromatic heterocycles. The van der Waals surface area contributed by atoms with E-state index in [1.165, 1.54) is 11.3 Å². The van der Waals surface area contributed by atoms with E-state index in [0.29, 0.717) is 13.1 Å². The Morgan fingerprint density at radius 3 is 2.48 bits per heavy atom. The lowest BCUT2D eigenvalue weighted by Crippen LogP contribution is -2.49. The van der Waals surface area contributed by atoms with Gasteiger partial charge in [0.1, 0.15) is 4.88 Å². The zero-order valence-corrected chi connectivity index (χ0v) is 16.1. The zero-order valence-electron chi connectivity index (χ0n) is 15.3. The predicted molar refractivity (Wildman–Crippen MR) is 105 cm³/mol. The standard InChI is InChI=1S/C19H20N6OS/c1-13-18(27-14(2)21-13)19(26)25-10-8-24(9-11-25)17-6-5-16(22-23-17)15-4-3-7-20-12-15/h3-7,12H,8-11H2,1-2H3. The van der Waals surface area contributed by atoms with Crippen LogP contribution in [0.3, 0.4) is 0 Å². The van der Waals surface area contributed by atoms with Crippen LogP contribution in [0.25, 0.3) is 11.3 Å². The fourth-order valence-electron chi connectivity index (χ4n) is 3.17. The second-order valence-electron chi connectivity index (χ2n) is 6.45. The van der Waals surface area contributed by atoms with Crippen LogP contribution in [-0.4, -0.2) is 57.2 Å². The monoisotopic (exact) mass is 380 g/mol. The van der Waals surface area contributed by atoms with Gasteiger partial charge >= 0.3 is 0 Å². The summed E-state index contributed by atoms with van der Waals surface area (Å²) in [6, 6.07) is 7.78. The Bertz CT molecular complexity index is 933. The van der Waals surface area contributed by atoms with E-state index >= 15 is 0 Å². The quantitative estimate of drug-likeness (QED) is 0.695. The molecule has 0 bridgehead atoms. The van der Waals surface area contributed by atoms with Crippen molar-refractivity contribution in [3.63, 3.8) is 0 Å². The smallest absolute Gasteiger partial charge is 0.265 e. The average Bonchev–Trinajstić information content (AvgIpc) is 3.06. The van der Waals surface area contributed by atoms with E-state index in [1.807, 2.05) is 43.0 Å². The maximum Gasteiger partial charge on any atom is 0.265 e. The second-order valence-corrected chi connectivity index (χ2v) is 7.65. The molecule has 0 saturated carbocycles. The molecule has 0 atom stereocenters. The molecule has 0 N–H and O–H groups in total. The summed E-state index contributed by atoms with van der Waals surface area (Å²) < 4.78 is 0. The fourth-order valence-corrected chi connectivity index (χ4v) is 4.06. The first-order chi connectivity index (χ1) is 13.1. The van der Waals surface area contributed by atoms with Gasteiger partial charge in [-0.2, -0.15) is 0 Å². The van der Waals surface area contributed by atoms with Crippen LogP contribution in [0.2, 0.25) is 0 Å². The normalized spacial score (nSPS) is 14.4. The second kappa shape index (κ2) is 7.40. The van der Waals surface area contributed by atoms with Crippen LogP contribution in [0.5, 0.6) is 0 Å². The molecule has 138 valence electrons. The van der Waals surface area contributed by atoms with Gasteiger partial charge in [0.25, 0.3) is 5.91 Å². The molecule has 0 spiro atoms. The van der Waals surface area contributed by atoms with Crippen molar-refractivity contribution in [1.29, 1.82) is 0 Å². The molecule has 7 nitrogen and oxygen atoms in total. The van der Waals surface area contributed by atoms with Gasteiger partial charge in [-0.25, -0.2) is 4.98 Å². The Morgan fingerprint density at radius 1 is 1.07 bits per heavy atom. The lowest BCUT2D eigenvalue weighted by molar-refractivity contribution is 0.0750. The van der Waals surface area contributed by atoms with Gasteiger partial charge in [-0.3, -0.25) is 9.78 Å². The molecule has 1 fully saturated rings. The summed E-state index contributed by atoms with van der Waals surface area (Å²) in [5.41, 5.74) is 2.57. The molecule has 27 heavy (non-hydrogen) atoms. The van der Waals surface area contributed by atoms with Crippen molar-refractivity contribution in [2.75, 3.05) is 31.1 Å². The molecule has 1 aliphatic heterocycles. The number of nitrogens with zero attached hydrogens (tertiary/aromatic N) is 6. The van der Waals surface area contributed by atoms with Gasteiger partial charge in [-0.05, 0) is 38.1 Å². The molecule has 1 aliphatic rings. The number of hydrogen-bond acceptors (Lipinski definition) is 7. The molecular weight excluding hydrogens is 360 g/mol. The molecule has 0 aromatic carbocycles. The van der Waals surface area contributed by atoms with Crippen molar-refractivity contribution in [2.45, 2.75) is 13.8 Å². The molecule has 1 amide bonds. The minimum absolute atomic E-state index is 0.0794. The number of pyridine rings is 1. The molecule has 8 heteroatoms. The summed E-state index contributed by atoms with van der Waals surface area (Å²) >= 11 is 1.47. The maximum absolute atomic E-state index is 12.7. The first kappa shape index (κ1) is 17.5. The van der Waals surface area contributed by atoms with E-state index in [9.17, 15) is 4.79 Å². The summed E-state index contributed by atoms with van der Waals surface area (Å²) in [6.45, 7) is 6.64. The summed E-state index contributed by atoms with van der Waals surface area (Å²) in [7, 11) is 0. The topological polar surface area (TPSA) is 75.1 Å². The summed E-state index contributed by atoms with van der Waals surface area (Å²) in [4.78, 5) is 26.0. The third-order valence-corrected chi connectivity index (χ3v) is 5.66. The first-order valence-electron chi connectivity index (χ1n) is 8.84. The van der Waals surface area contributed by atoms with Crippen LogP contribution in [0.15, 0.2) is 36.7 Å². The third kappa shape index (κ3) is 3.66. The molecular formula is C19H20N6OS. The Kier molecular flexibility index (Phi) is 4.81. The van der Waals surface area contributed by atoms with Gasteiger partial charge in [0.05, 0.1) is 16.4 Å². The van der Waals surface area contributed by atoms with Crippen molar-refractivity contribution < 1.29 is 4.79 Å². The van der Waals surface area contributed by atoms with Crippen molar-refractivity contribution in [3.05, 3.63) is 52.2 Å². The van der Waals surface area contributed by atoms with Gasteiger partial charge in [0.2, 0.25) is 0 Å². The minimum atomic E-state index is 0.0794. The van der Waals surface area contributed by atoms with E-state index in [0.717, 1.165) is 45.7 Å². The summed E-state index contributed by atoms with van der Waals surface area (Å²) in [5, 5.41) is 9.61. The number of thiazole rings is 1. The number of amides is 1. The highest BCUT2D eigenvalue weighted by Gasteiger charge is 2.25. The summed E-state index contributed by atoms with van der Waals surface area (Å²) in [6.07, 6.45) is 3.51. The molecule has 3 aromatic rings. The highest BCUT2D eigenvalue weighted by molar-refractivity contribution is 7.13. The van der Waals surface area contributed by atoms with Gasteiger partial charge in [0.15, 0.2) is 5.82 Å². The predicted octanol–water partition coefficient (Wildman–Crippen LogP) is 2.57. The zero-order chi connectivity index (χ0) is 18.8. The Hall–Kier alpha value is -2.87. The Labute approximate surface area is 161 Å². The van der Waals surface area contributed by atoms with Gasteiger partial charge in [-0.15, -0.1) is 21.5 Å². The summed E-state index contributed by atoms with van der Waals surface area (Å²) in [5.74, 6) is 0.912. The molecule has 4 rings (SSSR count). The molecule has 0 unspecified atom stereocenters. The average molecular weight is 380 g/mol. The third-order valence-electron chi connectivity index (χ3n) is 4.60. The van der Waals surface area contributed by atoms with E-state index in [2.05, 4.69) is 25.1 Å². The fraction of sp³-hybridized carbons (Fsp3) is 0.316. The van der Waals surface area contributed by atoms with Crippen molar-refractivity contribution in [2.24, 2.45) is 0 Å². The Balaban J connectivity index is 1.40. The maximum atomic E-state index is 12.7. The molecule has 0 aliphatic carbocycles. The van der Waals surface area contributed by atoms with Crippen molar-refractivity contribution in [3.8, 4) is 11.3 Å². The van der Waals surface area contributed by atoms with E-state index in [-0.39, 0.29) is 5.91 Å². The van der Waals surface area contributed by atoms with Gasteiger partial charge < -0.3 is 9.80 Å². The number of rotatable bonds is 3. The van der Waals surface area contributed by atoms with Crippen molar-refractivity contribution >= 4 is 23.1 Å². The van der Waals surface area contributed by atoms with E-state index in [4.69, 9.17) is 0 Å². The lowest BCUT2D eigenvalue weighted by atomic mass is 10.2. The van der Waals surface area contributed by atoms with E-state index < -0.39 is 0 Å². The van der Waals surface area contributed by atoms with Crippen LogP contribution in [0.1, 0.15) is 20.4 Å². The first-order valence-corrected chi connectivity index (χ1v) is 9.66. The SMILES string of the molecule is Cc1nc(C)c(C(=O)N2CCN(c3ccc(-c4cccnc4)nn3)CC2)s1. The number of aromatic nitrogens is 4. The van der Waals surface area contributed by atoms with Crippen LogP contribution in [-0.2, 0) is 0 Å².